The van der Waals surface area contributed by atoms with Gasteiger partial charge in [0.25, 0.3) is 0 Å². The average molecular weight is 398 g/mol. The Hall–Kier alpha value is -1.77. The molecule has 2 N–H and O–H groups in total. The number of hydrogen-bond donors (Lipinski definition) is 1. The topological polar surface area (TPSA) is 93.4 Å². The van der Waals surface area contributed by atoms with Crippen molar-refractivity contribution in [1.82, 2.24) is 4.98 Å². The molecule has 1 heterocycles. The van der Waals surface area contributed by atoms with E-state index in [2.05, 4.69) is 20.9 Å². The number of halogens is 1. The van der Waals surface area contributed by atoms with E-state index in [0.29, 0.717) is 16.9 Å². The zero-order valence-corrected chi connectivity index (χ0v) is 14.8. The molecule has 0 radical (unpaired) electrons. The predicted octanol–water partition coefficient (Wildman–Crippen LogP) is 1.95. The number of ketones is 1. The Labute approximate surface area is 143 Å². The number of nitrogens with two attached hydrogens (primary N) is 1. The molecule has 122 valence electrons. The SMILES string of the molecule is CS(=O)(=O)N(Cc1ccc(C(=O)CN)cn1)c1cccc(Br)c1. The van der Waals surface area contributed by atoms with E-state index < -0.39 is 10.0 Å². The lowest BCUT2D eigenvalue weighted by atomic mass is 10.2. The van der Waals surface area contributed by atoms with Gasteiger partial charge in [-0.1, -0.05) is 22.0 Å². The highest BCUT2D eigenvalue weighted by Crippen LogP contribution is 2.23. The summed E-state index contributed by atoms with van der Waals surface area (Å²) in [5, 5.41) is 0. The molecule has 0 atom stereocenters. The third-order valence-electron chi connectivity index (χ3n) is 3.13. The van der Waals surface area contributed by atoms with Crippen molar-refractivity contribution < 1.29 is 13.2 Å². The van der Waals surface area contributed by atoms with Crippen molar-refractivity contribution in [1.29, 1.82) is 0 Å². The number of carbonyl (C=O) groups is 1. The van der Waals surface area contributed by atoms with E-state index in [9.17, 15) is 13.2 Å². The largest absolute Gasteiger partial charge is 0.324 e. The lowest BCUT2D eigenvalue weighted by molar-refractivity contribution is 0.100. The van der Waals surface area contributed by atoms with Gasteiger partial charge in [-0.2, -0.15) is 0 Å². The molecule has 0 aliphatic carbocycles. The van der Waals surface area contributed by atoms with Crippen LogP contribution in [0.3, 0.4) is 0 Å². The van der Waals surface area contributed by atoms with Crippen LogP contribution in [0, 0.1) is 0 Å². The molecule has 2 rings (SSSR count). The molecule has 0 spiro atoms. The molecular formula is C15H16BrN3O3S. The average Bonchev–Trinajstić information content (AvgIpc) is 2.51. The van der Waals surface area contributed by atoms with Crippen molar-refractivity contribution in [3.63, 3.8) is 0 Å². The molecule has 0 unspecified atom stereocenters. The number of anilines is 1. The van der Waals surface area contributed by atoms with Crippen molar-refractivity contribution >= 4 is 37.4 Å². The molecule has 0 saturated heterocycles. The van der Waals surface area contributed by atoms with Crippen molar-refractivity contribution in [2.45, 2.75) is 6.54 Å². The number of hydrogen-bond acceptors (Lipinski definition) is 5. The molecule has 6 nitrogen and oxygen atoms in total. The molecule has 0 saturated carbocycles. The van der Waals surface area contributed by atoms with Crippen LogP contribution in [-0.4, -0.2) is 32.0 Å². The number of aromatic nitrogens is 1. The summed E-state index contributed by atoms with van der Waals surface area (Å²) in [6.07, 6.45) is 2.55. The predicted molar refractivity (Wildman–Crippen MR) is 92.8 cm³/mol. The highest BCUT2D eigenvalue weighted by molar-refractivity contribution is 9.10. The van der Waals surface area contributed by atoms with Crippen LogP contribution in [0.4, 0.5) is 5.69 Å². The Morgan fingerprint density at radius 1 is 1.30 bits per heavy atom. The molecule has 1 aromatic carbocycles. The van der Waals surface area contributed by atoms with Crippen LogP contribution < -0.4 is 10.0 Å². The Balaban J connectivity index is 2.31. The maximum absolute atomic E-state index is 12.1. The summed E-state index contributed by atoms with van der Waals surface area (Å²) in [4.78, 5) is 15.6. The summed E-state index contributed by atoms with van der Waals surface area (Å²) in [5.41, 5.74) is 6.77. The van der Waals surface area contributed by atoms with E-state index in [0.717, 1.165) is 10.7 Å². The molecule has 8 heteroatoms. The third kappa shape index (κ3) is 4.60. The monoisotopic (exact) mass is 397 g/mol. The number of nitrogens with zero attached hydrogens (tertiary/aromatic N) is 2. The van der Waals surface area contributed by atoms with Gasteiger partial charge in [-0.15, -0.1) is 0 Å². The van der Waals surface area contributed by atoms with E-state index >= 15 is 0 Å². The Morgan fingerprint density at radius 2 is 2.04 bits per heavy atom. The van der Waals surface area contributed by atoms with Gasteiger partial charge in [-0.25, -0.2) is 8.42 Å². The van der Waals surface area contributed by atoms with Gasteiger partial charge < -0.3 is 5.73 Å². The van der Waals surface area contributed by atoms with E-state index in [1.54, 1.807) is 30.3 Å². The fraction of sp³-hybridized carbons (Fsp3) is 0.200. The van der Waals surface area contributed by atoms with Crippen molar-refractivity contribution in [3.8, 4) is 0 Å². The van der Waals surface area contributed by atoms with E-state index in [1.807, 2.05) is 6.07 Å². The molecule has 23 heavy (non-hydrogen) atoms. The van der Waals surface area contributed by atoms with Gasteiger partial charge in [-0.05, 0) is 30.3 Å². The van der Waals surface area contributed by atoms with Crippen molar-refractivity contribution in [2.75, 3.05) is 17.1 Å². The fourth-order valence-electron chi connectivity index (χ4n) is 1.98. The first-order chi connectivity index (χ1) is 10.8. The minimum Gasteiger partial charge on any atom is -0.324 e. The summed E-state index contributed by atoms with van der Waals surface area (Å²) in [5.74, 6) is -0.212. The summed E-state index contributed by atoms with van der Waals surface area (Å²) in [6, 6.07) is 10.2. The molecule has 0 aliphatic rings. The molecule has 2 aromatic rings. The second-order valence-electron chi connectivity index (χ2n) is 4.92. The Bertz CT molecular complexity index is 807. The van der Waals surface area contributed by atoms with Crippen LogP contribution in [0.1, 0.15) is 16.1 Å². The lowest BCUT2D eigenvalue weighted by Crippen LogP contribution is -2.29. The molecule has 0 bridgehead atoms. The minimum atomic E-state index is -3.48. The maximum atomic E-state index is 12.1. The summed E-state index contributed by atoms with van der Waals surface area (Å²) in [7, 11) is -3.48. The standard InChI is InChI=1S/C15H16BrN3O3S/c1-23(21,22)19(14-4-2-3-12(16)7-14)10-13-6-5-11(9-18-13)15(20)8-17/h2-7,9H,8,10,17H2,1H3. The van der Waals surface area contributed by atoms with Gasteiger partial charge in [0.05, 0.1) is 30.7 Å². The third-order valence-corrected chi connectivity index (χ3v) is 4.77. The highest BCUT2D eigenvalue weighted by Gasteiger charge is 2.19. The Morgan fingerprint density at radius 3 is 2.57 bits per heavy atom. The van der Waals surface area contributed by atoms with Crippen LogP contribution in [-0.2, 0) is 16.6 Å². The fourth-order valence-corrected chi connectivity index (χ4v) is 3.23. The van der Waals surface area contributed by atoms with Crippen LogP contribution in [0.2, 0.25) is 0 Å². The number of rotatable bonds is 6. The minimum absolute atomic E-state index is 0.0758. The first-order valence-electron chi connectivity index (χ1n) is 6.72. The summed E-state index contributed by atoms with van der Waals surface area (Å²) in [6.45, 7) is -0.0130. The van der Waals surface area contributed by atoms with Crippen LogP contribution >= 0.6 is 15.9 Å². The summed E-state index contributed by atoms with van der Waals surface area (Å²) < 4.78 is 26.2. The highest BCUT2D eigenvalue weighted by atomic mass is 79.9. The number of carbonyl (C=O) groups excluding carboxylic acids is 1. The number of sulfonamides is 1. The molecular weight excluding hydrogens is 382 g/mol. The molecule has 0 aliphatic heterocycles. The first-order valence-corrected chi connectivity index (χ1v) is 9.37. The normalized spacial score (nSPS) is 11.3. The van der Waals surface area contributed by atoms with Gasteiger partial charge in [0.15, 0.2) is 5.78 Å². The maximum Gasteiger partial charge on any atom is 0.232 e. The van der Waals surface area contributed by atoms with Crippen molar-refractivity contribution in [2.24, 2.45) is 5.73 Å². The smallest absolute Gasteiger partial charge is 0.232 e. The number of pyridine rings is 1. The molecule has 0 fully saturated rings. The number of benzene rings is 1. The van der Waals surface area contributed by atoms with Crippen LogP contribution in [0.25, 0.3) is 0 Å². The van der Waals surface area contributed by atoms with Crippen LogP contribution in [0.5, 0.6) is 0 Å². The first kappa shape index (κ1) is 17.6. The molecule has 1 aromatic heterocycles. The lowest BCUT2D eigenvalue weighted by Gasteiger charge is -2.22. The van der Waals surface area contributed by atoms with Crippen LogP contribution in [0.15, 0.2) is 47.1 Å². The van der Waals surface area contributed by atoms with Gasteiger partial charge >= 0.3 is 0 Å². The second kappa shape index (κ2) is 7.20. The quantitative estimate of drug-likeness (QED) is 0.751. The number of Topliss-reactive ketones (excluding diaryl/α,β-unsaturated/α-hetero) is 1. The van der Waals surface area contributed by atoms with Gasteiger partial charge in [0.2, 0.25) is 10.0 Å². The van der Waals surface area contributed by atoms with Gasteiger partial charge in [0.1, 0.15) is 0 Å². The summed E-state index contributed by atoms with van der Waals surface area (Å²) >= 11 is 3.33. The zero-order chi connectivity index (χ0) is 17.0. The van der Waals surface area contributed by atoms with Crippen molar-refractivity contribution in [3.05, 3.63) is 58.3 Å². The van der Waals surface area contributed by atoms with E-state index in [-0.39, 0.29) is 18.9 Å². The molecule has 0 amide bonds. The van der Waals surface area contributed by atoms with Gasteiger partial charge in [0, 0.05) is 16.2 Å². The second-order valence-corrected chi connectivity index (χ2v) is 7.74. The van der Waals surface area contributed by atoms with E-state index in [4.69, 9.17) is 5.73 Å². The Kier molecular flexibility index (Phi) is 5.51. The van der Waals surface area contributed by atoms with E-state index in [1.165, 1.54) is 10.5 Å². The zero-order valence-electron chi connectivity index (χ0n) is 12.4. The van der Waals surface area contributed by atoms with Gasteiger partial charge in [-0.3, -0.25) is 14.1 Å².